The molecule has 2 heterocycles. The highest BCUT2D eigenvalue weighted by molar-refractivity contribution is 5.93. The van der Waals surface area contributed by atoms with E-state index in [1.54, 1.807) is 6.07 Å². The summed E-state index contributed by atoms with van der Waals surface area (Å²) >= 11 is 0. The summed E-state index contributed by atoms with van der Waals surface area (Å²) in [6.07, 6.45) is -3.17. The van der Waals surface area contributed by atoms with Crippen LogP contribution in [0.1, 0.15) is 15.9 Å². The molecule has 0 radical (unpaired) electrons. The number of hydrogen-bond acceptors (Lipinski definition) is 6. The Morgan fingerprint density at radius 2 is 1.93 bits per heavy atom. The van der Waals surface area contributed by atoms with Gasteiger partial charge in [-0.05, 0) is 18.2 Å². The number of nitrogens with zero attached hydrogens (tertiary/aromatic N) is 3. The number of ether oxygens (including phenoxy) is 1. The molecule has 162 valence electrons. The number of carbonyl (C=O) groups excluding carboxylic acids is 1. The summed E-state index contributed by atoms with van der Waals surface area (Å²) in [6.45, 7) is 2.44. The molecule has 2 N–H and O–H groups in total. The lowest BCUT2D eigenvalue weighted by atomic mass is 10.1. The Morgan fingerprint density at radius 1 is 1.23 bits per heavy atom. The van der Waals surface area contributed by atoms with Crippen molar-refractivity contribution in [2.45, 2.75) is 6.18 Å². The lowest BCUT2D eigenvalue weighted by molar-refractivity contribution is -0.137. The van der Waals surface area contributed by atoms with Crippen LogP contribution in [0.25, 0.3) is 0 Å². The minimum Gasteiger partial charge on any atom is -0.383 e. The molecule has 0 saturated carbocycles. The van der Waals surface area contributed by atoms with Crippen molar-refractivity contribution in [3.8, 4) is 0 Å². The van der Waals surface area contributed by atoms with Gasteiger partial charge in [-0.3, -0.25) is 14.6 Å². The molecular formula is C19H22F3N5O3. The molecule has 3 rings (SSSR count). The molecule has 1 amide bonds. The van der Waals surface area contributed by atoms with Crippen LogP contribution < -0.4 is 20.7 Å². The van der Waals surface area contributed by atoms with E-state index >= 15 is 0 Å². The average Bonchev–Trinajstić information content (AvgIpc) is 2.73. The second-order valence-corrected chi connectivity index (χ2v) is 6.72. The molecule has 1 fully saturated rings. The first-order chi connectivity index (χ1) is 14.3. The largest absolute Gasteiger partial charge is 0.416 e. The van der Waals surface area contributed by atoms with Crippen LogP contribution in [0.2, 0.25) is 0 Å². The highest BCUT2D eigenvalue weighted by Gasteiger charge is 2.31. The van der Waals surface area contributed by atoms with Crippen molar-refractivity contribution in [3.05, 3.63) is 51.9 Å². The van der Waals surface area contributed by atoms with Crippen LogP contribution in [-0.4, -0.2) is 62.3 Å². The lowest BCUT2D eigenvalue weighted by Gasteiger charge is -2.36. The van der Waals surface area contributed by atoms with Crippen molar-refractivity contribution < 1.29 is 22.7 Å². The topological polar surface area (TPSA) is 90.6 Å². The molecule has 2 aromatic rings. The standard InChI is InChI=1S/C19H22F3N5O3/c1-30-10-5-23-16(28)15-12-24-18(25-17(15)29)27-8-6-26(7-9-27)14-4-2-3-13(11-14)19(20,21)22/h2-4,11-12H,5-10H2,1H3,(H,23,28)(H,24,25,29). The van der Waals surface area contributed by atoms with Gasteiger partial charge >= 0.3 is 6.18 Å². The number of methoxy groups -OCH3 is 1. The monoisotopic (exact) mass is 425 g/mol. The van der Waals surface area contributed by atoms with Crippen LogP contribution in [0, 0.1) is 0 Å². The van der Waals surface area contributed by atoms with Gasteiger partial charge in [-0.25, -0.2) is 4.98 Å². The summed E-state index contributed by atoms with van der Waals surface area (Å²) in [7, 11) is 1.50. The Hall–Kier alpha value is -3.08. The number of rotatable bonds is 6. The zero-order valence-corrected chi connectivity index (χ0v) is 16.3. The lowest BCUT2D eigenvalue weighted by Crippen LogP contribution is -2.47. The first-order valence-corrected chi connectivity index (χ1v) is 9.33. The SMILES string of the molecule is COCCNC(=O)c1cnc(N2CCN(c3cccc(C(F)(F)F)c3)CC2)[nH]c1=O. The van der Waals surface area contributed by atoms with Gasteiger partial charge in [-0.1, -0.05) is 6.07 Å². The summed E-state index contributed by atoms with van der Waals surface area (Å²) in [5, 5.41) is 2.55. The summed E-state index contributed by atoms with van der Waals surface area (Å²) in [6, 6.07) is 5.20. The molecule has 0 unspecified atom stereocenters. The molecule has 0 bridgehead atoms. The van der Waals surface area contributed by atoms with Crippen LogP contribution in [-0.2, 0) is 10.9 Å². The Labute approximate surface area is 170 Å². The van der Waals surface area contributed by atoms with Gasteiger partial charge in [0.05, 0.1) is 12.2 Å². The number of halogens is 3. The van der Waals surface area contributed by atoms with Crippen molar-refractivity contribution in [3.63, 3.8) is 0 Å². The molecule has 1 saturated heterocycles. The zero-order valence-electron chi connectivity index (χ0n) is 16.3. The molecule has 30 heavy (non-hydrogen) atoms. The number of aromatic amines is 1. The Bertz CT molecular complexity index is 939. The summed E-state index contributed by atoms with van der Waals surface area (Å²) < 4.78 is 43.6. The minimum absolute atomic E-state index is 0.0996. The third kappa shape index (κ3) is 5.09. The number of benzene rings is 1. The molecule has 0 spiro atoms. The van der Waals surface area contributed by atoms with E-state index < -0.39 is 23.2 Å². The number of alkyl halides is 3. The molecule has 0 atom stereocenters. The minimum atomic E-state index is -4.39. The van der Waals surface area contributed by atoms with Crippen LogP contribution in [0.15, 0.2) is 35.3 Å². The van der Waals surface area contributed by atoms with Crippen LogP contribution in [0.4, 0.5) is 24.8 Å². The zero-order chi connectivity index (χ0) is 21.7. The summed E-state index contributed by atoms with van der Waals surface area (Å²) in [5.41, 5.74) is -0.852. The fraction of sp³-hybridized carbons (Fsp3) is 0.421. The van der Waals surface area contributed by atoms with E-state index in [1.165, 1.54) is 19.4 Å². The predicted molar refractivity (Wildman–Crippen MR) is 105 cm³/mol. The predicted octanol–water partition coefficient (Wildman–Crippen LogP) is 1.49. The second-order valence-electron chi connectivity index (χ2n) is 6.72. The first kappa shape index (κ1) is 21.6. The normalized spacial score (nSPS) is 14.7. The molecule has 11 heteroatoms. The van der Waals surface area contributed by atoms with Gasteiger partial charge < -0.3 is 19.9 Å². The number of aromatic nitrogens is 2. The van der Waals surface area contributed by atoms with Crippen LogP contribution >= 0.6 is 0 Å². The Balaban J connectivity index is 1.63. The van der Waals surface area contributed by atoms with E-state index in [0.717, 1.165) is 12.1 Å². The van der Waals surface area contributed by atoms with E-state index in [0.29, 0.717) is 44.4 Å². The molecule has 1 aliphatic rings. The van der Waals surface area contributed by atoms with E-state index in [2.05, 4.69) is 15.3 Å². The molecule has 8 nitrogen and oxygen atoms in total. The average molecular weight is 425 g/mol. The Morgan fingerprint density at radius 3 is 2.57 bits per heavy atom. The van der Waals surface area contributed by atoms with Crippen LogP contribution in [0.5, 0.6) is 0 Å². The van der Waals surface area contributed by atoms with Gasteiger partial charge in [0.25, 0.3) is 11.5 Å². The van der Waals surface area contributed by atoms with Crippen molar-refractivity contribution >= 4 is 17.5 Å². The number of carbonyl (C=O) groups is 1. The molecule has 1 aromatic carbocycles. The third-order valence-electron chi connectivity index (χ3n) is 4.74. The maximum Gasteiger partial charge on any atom is 0.416 e. The fourth-order valence-corrected chi connectivity index (χ4v) is 3.13. The maximum absolute atomic E-state index is 12.9. The van der Waals surface area contributed by atoms with Gasteiger partial charge in [-0.15, -0.1) is 0 Å². The van der Waals surface area contributed by atoms with Gasteiger partial charge in [0, 0.05) is 51.7 Å². The number of piperazine rings is 1. The quantitative estimate of drug-likeness (QED) is 0.682. The maximum atomic E-state index is 12.9. The number of hydrogen-bond donors (Lipinski definition) is 2. The number of amides is 1. The van der Waals surface area contributed by atoms with E-state index in [9.17, 15) is 22.8 Å². The highest BCUT2D eigenvalue weighted by Crippen LogP contribution is 2.32. The fourth-order valence-electron chi connectivity index (χ4n) is 3.13. The number of H-pyrrole nitrogens is 1. The van der Waals surface area contributed by atoms with Crippen molar-refractivity contribution in [2.75, 3.05) is 56.2 Å². The second kappa shape index (κ2) is 9.16. The third-order valence-corrected chi connectivity index (χ3v) is 4.74. The van der Waals surface area contributed by atoms with Crippen molar-refractivity contribution in [2.24, 2.45) is 0 Å². The smallest absolute Gasteiger partial charge is 0.383 e. The number of anilines is 2. The molecule has 0 aliphatic carbocycles. The van der Waals surface area contributed by atoms with Crippen LogP contribution in [0.3, 0.4) is 0 Å². The van der Waals surface area contributed by atoms with Gasteiger partial charge in [0.1, 0.15) is 5.56 Å². The van der Waals surface area contributed by atoms with E-state index in [4.69, 9.17) is 4.74 Å². The van der Waals surface area contributed by atoms with E-state index in [-0.39, 0.29) is 12.1 Å². The number of nitrogens with one attached hydrogen (secondary N) is 2. The summed E-state index contributed by atoms with van der Waals surface area (Å²) in [5.74, 6) is -0.223. The van der Waals surface area contributed by atoms with Crippen molar-refractivity contribution in [1.82, 2.24) is 15.3 Å². The van der Waals surface area contributed by atoms with Crippen molar-refractivity contribution in [1.29, 1.82) is 0 Å². The Kier molecular flexibility index (Phi) is 6.60. The molecule has 1 aromatic heterocycles. The highest BCUT2D eigenvalue weighted by atomic mass is 19.4. The first-order valence-electron chi connectivity index (χ1n) is 9.33. The van der Waals surface area contributed by atoms with Gasteiger partial charge in [0.2, 0.25) is 5.95 Å². The van der Waals surface area contributed by atoms with E-state index in [1.807, 2.05) is 9.80 Å². The summed E-state index contributed by atoms with van der Waals surface area (Å²) in [4.78, 5) is 34.7. The molecule has 1 aliphatic heterocycles. The van der Waals surface area contributed by atoms with Gasteiger partial charge in [-0.2, -0.15) is 13.2 Å². The van der Waals surface area contributed by atoms with Gasteiger partial charge in [0.15, 0.2) is 0 Å². The molecular weight excluding hydrogens is 403 g/mol.